The van der Waals surface area contributed by atoms with Crippen LogP contribution >= 0.6 is 45.8 Å². The first-order valence-corrected chi connectivity index (χ1v) is 6.76. The lowest BCUT2D eigenvalue weighted by Crippen LogP contribution is -2.06. The first-order chi connectivity index (χ1) is 8.08. The molecule has 0 aliphatic heterocycles. The van der Waals surface area contributed by atoms with Gasteiger partial charge in [0.15, 0.2) is 0 Å². The highest BCUT2D eigenvalue weighted by molar-refractivity contribution is 14.1. The minimum Gasteiger partial charge on any atom is -0.377 e. The number of hydrogen-bond donors (Lipinski definition) is 1. The second-order valence-electron chi connectivity index (χ2n) is 3.53. The van der Waals surface area contributed by atoms with Crippen molar-refractivity contribution in [2.75, 3.05) is 5.32 Å². The van der Waals surface area contributed by atoms with Crippen molar-refractivity contribution in [2.45, 2.75) is 6.54 Å². The number of imidazole rings is 1. The van der Waals surface area contributed by atoms with E-state index in [1.807, 2.05) is 29.8 Å². The summed E-state index contributed by atoms with van der Waals surface area (Å²) in [5.74, 6) is 0.865. The van der Waals surface area contributed by atoms with E-state index in [2.05, 4.69) is 32.9 Å². The Morgan fingerprint density at radius 2 is 2.18 bits per heavy atom. The molecule has 0 saturated carbocycles. The topological polar surface area (TPSA) is 29.9 Å². The molecular weight excluding hydrogens is 372 g/mol. The van der Waals surface area contributed by atoms with Gasteiger partial charge in [-0.3, -0.25) is 0 Å². The lowest BCUT2D eigenvalue weighted by molar-refractivity contribution is 0.813. The number of rotatable bonds is 3. The zero-order chi connectivity index (χ0) is 12.4. The summed E-state index contributed by atoms with van der Waals surface area (Å²) >= 11 is 14.3. The number of nitrogens with zero attached hydrogens (tertiary/aromatic N) is 2. The van der Waals surface area contributed by atoms with Crippen LogP contribution in [0, 0.1) is 3.57 Å². The van der Waals surface area contributed by atoms with Crippen molar-refractivity contribution in [1.29, 1.82) is 0 Å². The highest BCUT2D eigenvalue weighted by Crippen LogP contribution is 2.24. The number of benzene rings is 1. The first-order valence-electron chi connectivity index (χ1n) is 4.93. The van der Waals surface area contributed by atoms with Gasteiger partial charge in [0, 0.05) is 10.6 Å². The Morgan fingerprint density at radius 3 is 2.76 bits per heavy atom. The zero-order valence-corrected chi connectivity index (χ0v) is 12.7. The second-order valence-corrected chi connectivity index (χ2v) is 5.57. The Labute approximate surface area is 123 Å². The number of hydrogen-bond acceptors (Lipinski definition) is 2. The van der Waals surface area contributed by atoms with Crippen LogP contribution < -0.4 is 5.32 Å². The normalized spacial score (nSPS) is 10.6. The summed E-state index contributed by atoms with van der Waals surface area (Å²) in [6.45, 7) is 0.587. The predicted molar refractivity (Wildman–Crippen MR) is 79.7 cm³/mol. The Balaban J connectivity index is 2.10. The molecule has 1 aromatic carbocycles. The molecule has 0 bridgehead atoms. The molecular formula is C11H10Cl2IN3. The maximum absolute atomic E-state index is 6.12. The summed E-state index contributed by atoms with van der Waals surface area (Å²) in [7, 11) is 1.88. The Morgan fingerprint density at radius 1 is 1.41 bits per heavy atom. The molecule has 0 fully saturated rings. The van der Waals surface area contributed by atoms with Crippen LogP contribution in [0.25, 0.3) is 0 Å². The van der Waals surface area contributed by atoms with E-state index in [1.54, 1.807) is 6.20 Å². The van der Waals surface area contributed by atoms with Crippen LogP contribution in [0.4, 0.5) is 5.69 Å². The van der Waals surface area contributed by atoms with E-state index in [-0.39, 0.29) is 0 Å². The number of anilines is 1. The fraction of sp³-hybridized carbons (Fsp3) is 0.182. The molecule has 0 saturated heterocycles. The van der Waals surface area contributed by atoms with Gasteiger partial charge >= 0.3 is 0 Å². The van der Waals surface area contributed by atoms with Gasteiger partial charge in [0.25, 0.3) is 0 Å². The largest absolute Gasteiger partial charge is 0.377 e. The van der Waals surface area contributed by atoms with E-state index in [9.17, 15) is 0 Å². The van der Waals surface area contributed by atoms with Crippen molar-refractivity contribution in [2.24, 2.45) is 7.05 Å². The maximum atomic E-state index is 6.12. The molecule has 6 heteroatoms. The van der Waals surface area contributed by atoms with Crippen LogP contribution in [0.1, 0.15) is 5.82 Å². The molecule has 2 rings (SSSR count). The van der Waals surface area contributed by atoms with Crippen LogP contribution in [-0.4, -0.2) is 9.55 Å². The van der Waals surface area contributed by atoms with E-state index in [4.69, 9.17) is 23.2 Å². The van der Waals surface area contributed by atoms with E-state index in [0.29, 0.717) is 16.7 Å². The van der Waals surface area contributed by atoms with Crippen molar-refractivity contribution in [1.82, 2.24) is 9.55 Å². The number of nitrogens with one attached hydrogen (secondary N) is 1. The molecule has 0 amide bonds. The molecule has 1 heterocycles. The van der Waals surface area contributed by atoms with Crippen LogP contribution in [0.5, 0.6) is 0 Å². The lowest BCUT2D eigenvalue weighted by atomic mass is 10.3. The molecule has 0 spiro atoms. The quantitative estimate of drug-likeness (QED) is 0.816. The van der Waals surface area contributed by atoms with Gasteiger partial charge in [-0.05, 0) is 40.8 Å². The van der Waals surface area contributed by atoms with Crippen molar-refractivity contribution in [3.8, 4) is 0 Å². The summed E-state index contributed by atoms with van der Waals surface area (Å²) < 4.78 is 2.94. The molecule has 90 valence electrons. The predicted octanol–water partition coefficient (Wildman–Crippen LogP) is 3.94. The Kier molecular flexibility index (Phi) is 4.17. The number of aromatic nitrogens is 2. The van der Waals surface area contributed by atoms with Crippen LogP contribution in [0.3, 0.4) is 0 Å². The lowest BCUT2D eigenvalue weighted by Gasteiger charge is -2.08. The molecule has 17 heavy (non-hydrogen) atoms. The molecule has 0 aliphatic carbocycles. The van der Waals surface area contributed by atoms with Crippen molar-refractivity contribution >= 4 is 51.5 Å². The molecule has 0 unspecified atom stereocenters. The molecule has 1 aromatic heterocycles. The van der Waals surface area contributed by atoms with E-state index < -0.39 is 0 Å². The average molecular weight is 382 g/mol. The fourth-order valence-corrected chi connectivity index (χ4v) is 2.46. The summed E-state index contributed by atoms with van der Waals surface area (Å²) in [4.78, 5) is 4.20. The summed E-state index contributed by atoms with van der Waals surface area (Å²) in [5, 5.41) is 4.56. The third kappa shape index (κ3) is 3.05. The van der Waals surface area contributed by atoms with Gasteiger partial charge in [-0.1, -0.05) is 23.2 Å². The fourth-order valence-electron chi connectivity index (χ4n) is 1.40. The Bertz CT molecular complexity index is 540. The van der Waals surface area contributed by atoms with Crippen molar-refractivity contribution < 1.29 is 0 Å². The van der Waals surface area contributed by atoms with Gasteiger partial charge in [-0.15, -0.1) is 0 Å². The maximum Gasteiger partial charge on any atom is 0.128 e. The molecule has 2 aromatic rings. The molecule has 0 radical (unpaired) electrons. The minimum absolute atomic E-state index is 0.587. The zero-order valence-electron chi connectivity index (χ0n) is 9.04. The third-order valence-corrected chi connectivity index (χ3v) is 3.73. The van der Waals surface area contributed by atoms with Crippen LogP contribution in [0.2, 0.25) is 10.2 Å². The van der Waals surface area contributed by atoms with Gasteiger partial charge in [0.05, 0.1) is 23.5 Å². The van der Waals surface area contributed by atoms with Crippen molar-refractivity contribution in [3.63, 3.8) is 0 Å². The molecule has 3 nitrogen and oxygen atoms in total. The second kappa shape index (κ2) is 5.46. The summed E-state index contributed by atoms with van der Waals surface area (Å²) in [6.07, 6.45) is 1.63. The standard InChI is InChI=1S/C11H10Cl2IN3/c1-17-10(13)5-16-11(17)6-15-9-3-2-7(14)4-8(9)12/h2-5,15H,6H2,1H3. The third-order valence-electron chi connectivity index (χ3n) is 2.40. The van der Waals surface area contributed by atoms with Gasteiger partial charge in [0.1, 0.15) is 11.0 Å². The minimum atomic E-state index is 0.587. The van der Waals surface area contributed by atoms with Gasteiger partial charge in [0.2, 0.25) is 0 Å². The summed E-state index contributed by atoms with van der Waals surface area (Å²) in [5.41, 5.74) is 0.895. The highest BCUT2D eigenvalue weighted by Gasteiger charge is 2.05. The van der Waals surface area contributed by atoms with Crippen LogP contribution in [-0.2, 0) is 13.6 Å². The summed E-state index contributed by atoms with van der Waals surface area (Å²) in [6, 6.07) is 5.87. The van der Waals surface area contributed by atoms with Crippen molar-refractivity contribution in [3.05, 3.63) is 44.0 Å². The smallest absolute Gasteiger partial charge is 0.128 e. The molecule has 0 atom stereocenters. The monoisotopic (exact) mass is 381 g/mol. The highest BCUT2D eigenvalue weighted by atomic mass is 127. The van der Waals surface area contributed by atoms with E-state index in [1.165, 1.54) is 0 Å². The van der Waals surface area contributed by atoms with Gasteiger partial charge in [-0.25, -0.2) is 4.98 Å². The molecule has 1 N–H and O–H groups in total. The average Bonchev–Trinajstić information content (AvgIpc) is 2.59. The number of halogens is 3. The SMILES string of the molecule is Cn1c(Cl)cnc1CNc1ccc(I)cc1Cl. The van der Waals surface area contributed by atoms with Crippen LogP contribution in [0.15, 0.2) is 24.4 Å². The van der Waals surface area contributed by atoms with Gasteiger partial charge < -0.3 is 9.88 Å². The van der Waals surface area contributed by atoms with E-state index in [0.717, 1.165) is 15.1 Å². The van der Waals surface area contributed by atoms with E-state index >= 15 is 0 Å². The Hall–Kier alpha value is -0.460. The first kappa shape index (κ1) is 13.0. The van der Waals surface area contributed by atoms with Gasteiger partial charge in [-0.2, -0.15) is 0 Å². The molecule has 0 aliphatic rings.